The number of carbonyl (C=O) groups is 1. The van der Waals surface area contributed by atoms with Crippen LogP contribution in [0.3, 0.4) is 0 Å². The third-order valence-electron chi connectivity index (χ3n) is 7.07. The maximum Gasteiger partial charge on any atom is 0.416 e. The minimum absolute atomic E-state index is 0.0152. The minimum Gasteiger partial charge on any atom is -0.497 e. The topological polar surface area (TPSA) is 115 Å². The van der Waals surface area contributed by atoms with Crippen LogP contribution in [0.25, 0.3) is 11.1 Å². The van der Waals surface area contributed by atoms with E-state index in [9.17, 15) is 23.1 Å². The molecule has 0 aliphatic carbocycles. The van der Waals surface area contributed by atoms with Gasteiger partial charge in [-0.2, -0.15) is 13.2 Å². The van der Waals surface area contributed by atoms with Crippen LogP contribution in [-0.2, 0) is 19.2 Å². The van der Waals surface area contributed by atoms with Gasteiger partial charge in [0, 0.05) is 35.8 Å². The molecule has 0 radical (unpaired) electrons. The van der Waals surface area contributed by atoms with Gasteiger partial charge in [-0.25, -0.2) is 14.8 Å². The first-order valence-electron chi connectivity index (χ1n) is 14.6. The maximum absolute atomic E-state index is 13.8. The summed E-state index contributed by atoms with van der Waals surface area (Å²) in [6.07, 6.45) is -1.44. The second-order valence-corrected chi connectivity index (χ2v) is 11.4. The van der Waals surface area contributed by atoms with Gasteiger partial charge in [-0.3, -0.25) is 5.32 Å². The SMILES string of the molecule is CCOc1cc(-c2cnc(NC(=O)Nc3ccc(CC(C)(C)CO)c(C(F)(F)F)c3)c(C)c2)cnc1OCc1ccc(OC)cc1. The van der Waals surface area contributed by atoms with Crippen LogP contribution in [-0.4, -0.2) is 41.4 Å². The summed E-state index contributed by atoms with van der Waals surface area (Å²) >= 11 is 0. The fraction of sp³-hybridized carbons (Fsp3) is 0.324. The summed E-state index contributed by atoms with van der Waals surface area (Å²) in [5, 5.41) is 14.6. The molecule has 0 unspecified atom stereocenters. The number of hydrogen-bond acceptors (Lipinski definition) is 7. The van der Waals surface area contributed by atoms with Gasteiger partial charge in [0.2, 0.25) is 0 Å². The molecule has 2 amide bonds. The number of urea groups is 1. The number of rotatable bonds is 12. The zero-order valence-electron chi connectivity index (χ0n) is 26.3. The van der Waals surface area contributed by atoms with Crippen molar-refractivity contribution in [2.75, 3.05) is 31.0 Å². The highest BCUT2D eigenvalue weighted by Gasteiger charge is 2.35. The molecule has 4 aromatic rings. The molecule has 0 saturated heterocycles. The number of hydrogen-bond donors (Lipinski definition) is 3. The molecule has 3 N–H and O–H groups in total. The van der Waals surface area contributed by atoms with E-state index in [-0.39, 0.29) is 36.7 Å². The predicted octanol–water partition coefficient (Wildman–Crippen LogP) is 7.66. The number of halogens is 3. The van der Waals surface area contributed by atoms with Crippen molar-refractivity contribution in [1.29, 1.82) is 0 Å². The first-order chi connectivity index (χ1) is 21.8. The number of benzene rings is 2. The quantitative estimate of drug-likeness (QED) is 0.146. The minimum atomic E-state index is -4.64. The van der Waals surface area contributed by atoms with Crippen molar-refractivity contribution in [2.45, 2.75) is 46.9 Å². The molecule has 2 heterocycles. The number of aliphatic hydroxyl groups is 1. The van der Waals surface area contributed by atoms with E-state index in [0.29, 0.717) is 34.9 Å². The fourth-order valence-electron chi connectivity index (χ4n) is 4.61. The highest BCUT2D eigenvalue weighted by molar-refractivity contribution is 5.99. The number of ether oxygens (including phenoxy) is 3. The molecule has 9 nitrogen and oxygen atoms in total. The van der Waals surface area contributed by atoms with Crippen LogP contribution in [0.15, 0.2) is 67.0 Å². The number of amides is 2. The van der Waals surface area contributed by atoms with Crippen LogP contribution in [0, 0.1) is 12.3 Å². The lowest BCUT2D eigenvalue weighted by Gasteiger charge is -2.24. The van der Waals surface area contributed by atoms with E-state index < -0.39 is 23.2 Å². The van der Waals surface area contributed by atoms with Crippen LogP contribution < -0.4 is 24.8 Å². The molecular formula is C34H37F3N4O5. The van der Waals surface area contributed by atoms with Gasteiger partial charge in [-0.05, 0) is 78.8 Å². The molecule has 0 saturated carbocycles. The summed E-state index contributed by atoms with van der Waals surface area (Å²) in [6, 6.07) is 13.9. The highest BCUT2D eigenvalue weighted by atomic mass is 19.4. The van der Waals surface area contributed by atoms with Crippen LogP contribution in [0.2, 0.25) is 0 Å². The summed E-state index contributed by atoms with van der Waals surface area (Å²) < 4.78 is 58.3. The molecule has 0 fully saturated rings. The normalized spacial score (nSPS) is 11.6. The molecule has 46 heavy (non-hydrogen) atoms. The summed E-state index contributed by atoms with van der Waals surface area (Å²) in [7, 11) is 1.60. The summed E-state index contributed by atoms with van der Waals surface area (Å²) in [6.45, 7) is 7.36. The standard InChI is InChI=1S/C34H37F3N4O5/c1-6-45-29-14-25(18-39-31(29)46-19-22-7-11-27(44-5)12-8-22)24-13-21(2)30(38-17-24)41-32(43)40-26-10-9-23(16-33(3,4)20-42)28(15-26)34(35,36)37/h7-15,17-18,42H,6,16,19-20H2,1-5H3,(H2,38,40,41,43). The third-order valence-corrected chi connectivity index (χ3v) is 7.07. The fourth-order valence-corrected chi connectivity index (χ4v) is 4.61. The lowest BCUT2D eigenvalue weighted by Crippen LogP contribution is -2.23. The van der Waals surface area contributed by atoms with Crippen LogP contribution in [0.1, 0.15) is 43.0 Å². The molecule has 2 aromatic carbocycles. The highest BCUT2D eigenvalue weighted by Crippen LogP contribution is 2.37. The Kier molecular flexibility index (Phi) is 10.7. The van der Waals surface area contributed by atoms with Gasteiger partial charge < -0.3 is 24.6 Å². The molecule has 4 rings (SSSR count). The molecule has 0 aliphatic rings. The maximum atomic E-state index is 13.8. The number of nitrogens with one attached hydrogen (secondary N) is 2. The summed E-state index contributed by atoms with van der Waals surface area (Å²) in [4.78, 5) is 21.5. The van der Waals surface area contributed by atoms with Gasteiger partial charge in [0.25, 0.3) is 5.88 Å². The molecule has 0 atom stereocenters. The van der Waals surface area contributed by atoms with Crippen LogP contribution in [0.4, 0.5) is 29.5 Å². The smallest absolute Gasteiger partial charge is 0.416 e. The van der Waals surface area contributed by atoms with Crippen molar-refractivity contribution in [3.05, 3.63) is 89.2 Å². The van der Waals surface area contributed by atoms with Gasteiger partial charge in [0.05, 0.1) is 19.3 Å². The van der Waals surface area contributed by atoms with Crippen molar-refractivity contribution in [3.63, 3.8) is 0 Å². The second-order valence-electron chi connectivity index (χ2n) is 11.4. The number of nitrogens with zero attached hydrogens (tertiary/aromatic N) is 2. The lowest BCUT2D eigenvalue weighted by molar-refractivity contribution is -0.138. The number of aryl methyl sites for hydroxylation is 1. The Morgan fingerprint density at radius 2 is 1.63 bits per heavy atom. The Morgan fingerprint density at radius 1 is 0.935 bits per heavy atom. The molecule has 2 aromatic heterocycles. The molecular weight excluding hydrogens is 601 g/mol. The number of pyridine rings is 2. The Balaban J connectivity index is 1.46. The van der Waals surface area contributed by atoms with Crippen molar-refractivity contribution in [2.24, 2.45) is 5.41 Å². The first kappa shape index (κ1) is 34.0. The molecule has 12 heteroatoms. The Labute approximate surface area is 265 Å². The van der Waals surface area contributed by atoms with Gasteiger partial charge in [-0.15, -0.1) is 0 Å². The number of alkyl halides is 3. The third kappa shape index (κ3) is 8.87. The number of aliphatic hydroxyl groups excluding tert-OH is 1. The largest absolute Gasteiger partial charge is 0.497 e. The average Bonchev–Trinajstić information content (AvgIpc) is 3.02. The van der Waals surface area contributed by atoms with E-state index in [4.69, 9.17) is 14.2 Å². The molecule has 0 aliphatic heterocycles. The van der Waals surface area contributed by atoms with Crippen molar-refractivity contribution >= 4 is 17.5 Å². The Bertz CT molecular complexity index is 1660. The van der Waals surface area contributed by atoms with Gasteiger partial charge in [-0.1, -0.05) is 32.0 Å². The monoisotopic (exact) mass is 638 g/mol. The van der Waals surface area contributed by atoms with Crippen molar-refractivity contribution in [1.82, 2.24) is 9.97 Å². The van der Waals surface area contributed by atoms with Crippen molar-refractivity contribution < 1.29 is 37.3 Å². The van der Waals surface area contributed by atoms with Gasteiger partial charge in [0.1, 0.15) is 18.2 Å². The molecule has 0 bridgehead atoms. The second kappa shape index (κ2) is 14.5. The van der Waals surface area contributed by atoms with Crippen LogP contribution in [0.5, 0.6) is 17.4 Å². The predicted molar refractivity (Wildman–Crippen MR) is 169 cm³/mol. The van der Waals surface area contributed by atoms with Gasteiger partial charge in [0.15, 0.2) is 5.75 Å². The summed E-state index contributed by atoms with van der Waals surface area (Å²) in [5.74, 6) is 1.77. The zero-order valence-corrected chi connectivity index (χ0v) is 26.3. The number of methoxy groups -OCH3 is 1. The van der Waals surface area contributed by atoms with E-state index in [2.05, 4.69) is 20.6 Å². The van der Waals surface area contributed by atoms with E-state index >= 15 is 0 Å². The summed E-state index contributed by atoms with van der Waals surface area (Å²) in [5.41, 5.74) is 1.34. The average molecular weight is 639 g/mol. The Hall–Kier alpha value is -4.84. The lowest BCUT2D eigenvalue weighted by atomic mass is 9.85. The molecule has 244 valence electrons. The Morgan fingerprint density at radius 3 is 2.26 bits per heavy atom. The van der Waals surface area contributed by atoms with E-state index in [1.807, 2.05) is 31.2 Å². The van der Waals surface area contributed by atoms with E-state index in [0.717, 1.165) is 17.4 Å². The number of carbonyl (C=O) groups excluding carboxylic acids is 1. The van der Waals surface area contributed by atoms with Crippen molar-refractivity contribution in [3.8, 4) is 28.5 Å². The first-order valence-corrected chi connectivity index (χ1v) is 14.6. The zero-order chi connectivity index (χ0) is 33.5. The van der Waals surface area contributed by atoms with Gasteiger partial charge >= 0.3 is 12.2 Å². The van der Waals surface area contributed by atoms with Crippen LogP contribution >= 0.6 is 0 Å². The number of aromatic nitrogens is 2. The van der Waals surface area contributed by atoms with E-state index in [1.165, 1.54) is 12.1 Å². The molecule has 0 spiro atoms. The van der Waals surface area contributed by atoms with E-state index in [1.54, 1.807) is 52.4 Å². The number of anilines is 2.